The van der Waals surface area contributed by atoms with Gasteiger partial charge in [0.05, 0.1) is 6.61 Å². The molecule has 4 N–H and O–H groups in total. The van der Waals surface area contributed by atoms with Gasteiger partial charge in [0.2, 0.25) is 0 Å². The van der Waals surface area contributed by atoms with Crippen molar-refractivity contribution < 1.29 is 56.8 Å². The van der Waals surface area contributed by atoms with E-state index in [-0.39, 0.29) is 19.4 Å². The fraction of sp³-hybridized carbons (Fsp3) is 0.887. The summed E-state index contributed by atoms with van der Waals surface area (Å²) in [6.07, 6.45) is 40.9. The van der Waals surface area contributed by atoms with Crippen LogP contribution in [0.5, 0.6) is 0 Å². The summed E-state index contributed by atoms with van der Waals surface area (Å²) in [5, 5.41) is 31.0. The van der Waals surface area contributed by atoms with E-state index in [1.54, 1.807) is 0 Å². The van der Waals surface area contributed by atoms with Gasteiger partial charge in [0.25, 0.3) is 10.1 Å². The van der Waals surface area contributed by atoms with Crippen LogP contribution in [0, 0.1) is 0 Å². The zero-order chi connectivity index (χ0) is 48.4. The molecule has 0 spiro atoms. The number of aliphatic hydroxyl groups excluding tert-OH is 3. The van der Waals surface area contributed by atoms with Crippen LogP contribution in [-0.4, -0.2) is 96.0 Å². The summed E-state index contributed by atoms with van der Waals surface area (Å²) in [7, 11) is -4.61. The van der Waals surface area contributed by atoms with E-state index < -0.39 is 71.2 Å². The molecule has 66 heavy (non-hydrogen) atoms. The second-order valence-corrected chi connectivity index (χ2v) is 20.4. The van der Waals surface area contributed by atoms with Gasteiger partial charge >= 0.3 is 11.9 Å². The van der Waals surface area contributed by atoms with Crippen LogP contribution < -0.4 is 0 Å². The van der Waals surface area contributed by atoms with Gasteiger partial charge < -0.3 is 34.3 Å². The third-order valence-corrected chi connectivity index (χ3v) is 13.3. The van der Waals surface area contributed by atoms with Crippen LogP contribution in [0.3, 0.4) is 0 Å². The Bertz CT molecular complexity index is 1310. The Morgan fingerprint density at radius 2 is 0.894 bits per heavy atom. The van der Waals surface area contributed by atoms with Crippen molar-refractivity contribution in [3.63, 3.8) is 0 Å². The Balaban J connectivity index is 2.35. The second kappa shape index (κ2) is 43.2. The topological polar surface area (TPSA) is 186 Å². The minimum atomic E-state index is -4.61. The highest BCUT2D eigenvalue weighted by Crippen LogP contribution is 2.24. The van der Waals surface area contributed by atoms with Crippen LogP contribution in [0.25, 0.3) is 0 Å². The minimum Gasteiger partial charge on any atom is -0.462 e. The summed E-state index contributed by atoms with van der Waals surface area (Å²) in [5.74, 6) is -2.02. The number of ether oxygens (including phenoxy) is 4. The Morgan fingerprint density at radius 1 is 0.500 bits per heavy atom. The van der Waals surface area contributed by atoms with Crippen LogP contribution in [0.4, 0.5) is 0 Å². The van der Waals surface area contributed by atoms with Crippen LogP contribution >= 0.6 is 0 Å². The second-order valence-electron chi connectivity index (χ2n) is 18.9. The number of aliphatic hydroxyl groups is 3. The standard InChI is InChI=1S/C53H98O12S/c1-3-5-7-9-11-13-15-17-19-20-21-22-23-24-25-26-28-29-31-33-35-37-39-41-48(54)62-43-46(44-63-53-52(58)51(57)50(56)47(65-53)45-66(59,60)61)64-49(55)42-40-38-36-34-32-30-27-18-16-14-12-10-8-6-4-2/h26,28,33,35,46-47,50-53,56-58H,3-25,27,29-32,34,36-45H2,1-2H3,(H,59,60,61)/b28-26+,35-33+/t46-,47-,50-,51?,52?,53+/m1/s1. The smallest absolute Gasteiger partial charge is 0.306 e. The molecule has 1 rings (SSSR count). The van der Waals surface area contributed by atoms with E-state index in [1.165, 1.54) is 161 Å². The summed E-state index contributed by atoms with van der Waals surface area (Å²) in [6.45, 7) is 3.77. The highest BCUT2D eigenvalue weighted by atomic mass is 32.2. The number of esters is 2. The lowest BCUT2D eigenvalue weighted by atomic mass is 10.00. The minimum absolute atomic E-state index is 0.161. The molecule has 12 nitrogen and oxygen atoms in total. The Labute approximate surface area is 402 Å². The molecule has 0 aromatic rings. The van der Waals surface area contributed by atoms with Crippen LogP contribution in [0.1, 0.15) is 245 Å². The quantitative estimate of drug-likeness (QED) is 0.0196. The highest BCUT2D eigenvalue weighted by Gasteiger charge is 2.46. The predicted molar refractivity (Wildman–Crippen MR) is 266 cm³/mol. The molecular weight excluding hydrogens is 861 g/mol. The average Bonchev–Trinajstić information content (AvgIpc) is 3.28. The first-order valence-corrected chi connectivity index (χ1v) is 28.5. The van der Waals surface area contributed by atoms with Gasteiger partial charge in [-0.15, -0.1) is 0 Å². The molecule has 0 aromatic carbocycles. The molecule has 1 saturated heterocycles. The van der Waals surface area contributed by atoms with Crippen molar-refractivity contribution in [3.05, 3.63) is 24.3 Å². The molecule has 0 aliphatic carbocycles. The monoisotopic (exact) mass is 959 g/mol. The van der Waals surface area contributed by atoms with Crippen LogP contribution in [0.2, 0.25) is 0 Å². The van der Waals surface area contributed by atoms with Crippen molar-refractivity contribution in [1.29, 1.82) is 0 Å². The number of unbranched alkanes of at least 4 members (excludes halogenated alkanes) is 30. The number of carbonyl (C=O) groups excluding carboxylic acids is 2. The van der Waals surface area contributed by atoms with Gasteiger partial charge in [-0.1, -0.05) is 212 Å². The molecule has 388 valence electrons. The summed E-state index contributed by atoms with van der Waals surface area (Å²) in [4.78, 5) is 25.5. The number of rotatable bonds is 46. The Morgan fingerprint density at radius 3 is 1.35 bits per heavy atom. The van der Waals surface area contributed by atoms with E-state index in [2.05, 4.69) is 38.2 Å². The average molecular weight is 959 g/mol. The van der Waals surface area contributed by atoms with Gasteiger partial charge in [-0.3, -0.25) is 14.1 Å². The third-order valence-electron chi connectivity index (χ3n) is 12.5. The van der Waals surface area contributed by atoms with Crippen molar-refractivity contribution in [1.82, 2.24) is 0 Å². The molecule has 13 heteroatoms. The van der Waals surface area contributed by atoms with E-state index >= 15 is 0 Å². The maximum absolute atomic E-state index is 12.9. The molecule has 1 aliphatic heterocycles. The van der Waals surface area contributed by atoms with Gasteiger partial charge in [0.1, 0.15) is 36.8 Å². The van der Waals surface area contributed by atoms with Crippen molar-refractivity contribution >= 4 is 22.1 Å². The molecule has 0 amide bonds. The molecular formula is C53H98O12S. The fourth-order valence-electron chi connectivity index (χ4n) is 8.35. The molecule has 0 bridgehead atoms. The lowest BCUT2D eigenvalue weighted by Crippen LogP contribution is -2.60. The van der Waals surface area contributed by atoms with Gasteiger partial charge in [-0.25, -0.2) is 0 Å². The maximum Gasteiger partial charge on any atom is 0.306 e. The van der Waals surface area contributed by atoms with Crippen molar-refractivity contribution in [2.24, 2.45) is 0 Å². The zero-order valence-electron chi connectivity index (χ0n) is 41.8. The first-order valence-electron chi connectivity index (χ1n) is 26.9. The Kier molecular flexibility index (Phi) is 40.7. The van der Waals surface area contributed by atoms with E-state index in [4.69, 9.17) is 18.9 Å². The molecule has 1 aliphatic rings. The lowest BCUT2D eigenvalue weighted by Gasteiger charge is -2.40. The number of carbonyl (C=O) groups is 2. The first-order chi connectivity index (χ1) is 32.0. The highest BCUT2D eigenvalue weighted by molar-refractivity contribution is 7.85. The van der Waals surface area contributed by atoms with E-state index in [9.17, 15) is 37.9 Å². The van der Waals surface area contributed by atoms with Crippen LogP contribution in [0.15, 0.2) is 24.3 Å². The maximum atomic E-state index is 12.9. The number of hydrogen-bond acceptors (Lipinski definition) is 11. The van der Waals surface area contributed by atoms with Gasteiger partial charge in [0.15, 0.2) is 12.4 Å². The molecule has 2 unspecified atom stereocenters. The molecule has 1 fully saturated rings. The first kappa shape index (κ1) is 62.1. The van der Waals surface area contributed by atoms with Gasteiger partial charge in [-0.05, 0) is 44.9 Å². The molecule has 6 atom stereocenters. The Hall–Kier alpha value is -1.87. The SMILES string of the molecule is CCCCCCCCCCCCCCCC/C=C/CC/C=C/CCCC(=O)OC[C@H](CO[C@H]1O[C@H](CS(=O)(=O)O)[C@@H](O)C(O)C1O)OC(=O)CCCCCCCCCCCCCCCCC. The third kappa shape index (κ3) is 37.1. The zero-order valence-corrected chi connectivity index (χ0v) is 42.6. The van der Waals surface area contributed by atoms with E-state index in [0.717, 1.165) is 38.5 Å². The van der Waals surface area contributed by atoms with Crippen LogP contribution in [-0.2, 0) is 38.7 Å². The molecule has 0 saturated carbocycles. The predicted octanol–water partition coefficient (Wildman–Crippen LogP) is 12.3. The fourth-order valence-corrected chi connectivity index (χ4v) is 9.04. The molecule has 0 aromatic heterocycles. The van der Waals surface area contributed by atoms with Crippen molar-refractivity contribution in [2.45, 2.75) is 282 Å². The summed E-state index contributed by atoms with van der Waals surface area (Å²) >= 11 is 0. The number of hydrogen-bond donors (Lipinski definition) is 4. The summed E-state index contributed by atoms with van der Waals surface area (Å²) in [6, 6.07) is 0. The van der Waals surface area contributed by atoms with Crippen molar-refractivity contribution in [2.75, 3.05) is 19.0 Å². The normalized spacial score (nSPS) is 19.5. The number of allylic oxidation sites excluding steroid dienone is 4. The summed E-state index contributed by atoms with van der Waals surface area (Å²) < 4.78 is 54.2. The molecule has 0 radical (unpaired) electrons. The summed E-state index contributed by atoms with van der Waals surface area (Å²) in [5.41, 5.74) is 0. The largest absolute Gasteiger partial charge is 0.462 e. The van der Waals surface area contributed by atoms with Gasteiger partial charge in [0, 0.05) is 12.8 Å². The van der Waals surface area contributed by atoms with E-state index in [0.29, 0.717) is 19.3 Å². The molecule has 1 heterocycles. The van der Waals surface area contributed by atoms with E-state index in [1.807, 2.05) is 0 Å². The lowest BCUT2D eigenvalue weighted by molar-refractivity contribution is -0.297. The van der Waals surface area contributed by atoms with Gasteiger partial charge in [-0.2, -0.15) is 8.42 Å². The van der Waals surface area contributed by atoms with Crippen molar-refractivity contribution in [3.8, 4) is 0 Å².